The lowest BCUT2D eigenvalue weighted by atomic mass is 9.76. The number of fused-ring (bicyclic) bond motifs is 1. The maximum Gasteiger partial charge on any atom is 0.439 e. The second-order valence-electron chi connectivity index (χ2n) is 34.4. The van der Waals surface area contributed by atoms with Crippen molar-refractivity contribution in [3.8, 4) is 5.75 Å². The van der Waals surface area contributed by atoms with Crippen molar-refractivity contribution in [1.82, 2.24) is 23.3 Å². The van der Waals surface area contributed by atoms with Crippen LogP contribution < -0.4 is 5.11 Å². The number of alkyl halides is 12. The molecule has 3 unspecified atom stereocenters. The number of para-hydroxylation sites is 1. The molecular formula is C103H121F12N6O21S8+. The highest BCUT2D eigenvalue weighted by Gasteiger charge is 2.83. The topological polar surface area (TPSA) is 376 Å². The molecule has 1 aliphatic carbocycles. The van der Waals surface area contributed by atoms with E-state index in [4.69, 9.17) is 38.8 Å². The molecule has 4 heterocycles. The van der Waals surface area contributed by atoms with Crippen molar-refractivity contribution in [2.45, 2.75) is 154 Å². The number of carbonyl (C=O) groups is 2. The van der Waals surface area contributed by atoms with E-state index in [1.165, 1.54) is 115 Å². The lowest BCUT2D eigenvalue weighted by Gasteiger charge is -2.42. The minimum atomic E-state index is -7.14. The van der Waals surface area contributed by atoms with Crippen LogP contribution in [0, 0.1) is 11.8 Å². The van der Waals surface area contributed by atoms with Gasteiger partial charge in [-0.3, -0.25) is 24.0 Å². The summed E-state index contributed by atoms with van der Waals surface area (Å²) in [5, 5.41) is 9.53. The average molecular weight is 2260 g/mol. The Morgan fingerprint density at radius 2 is 0.807 bits per heavy atom. The number of sulfonamides is 4. The Morgan fingerprint density at radius 3 is 1.17 bits per heavy atom. The monoisotopic (exact) mass is 2260 g/mol. The minimum absolute atomic E-state index is 0.00741. The van der Waals surface area contributed by atoms with Gasteiger partial charge in [-0.15, -0.1) is 0 Å². The standard InChI is InChI=1S/C24H26NS.2C18H15S.C12H16F6N3O8S3.C12H17F6NO5S2.C12H27NO5.C7H6O3/c1-4-12-22(13-5-1)26(23-14-6-2-7-15-23)24-16-10-11-21(19-24)20-25-17-8-3-9-18-25;2*1-4-10-16(11-5-1)19(17-12-6-2-7-13-17)18-14-8-3-9-15-18;1-30(23,24)19-31(25,26)11(15,16)10(13,14)12(17,18)32(27,28)21-5-3-20(4-6-21)8-2-7-29-9(8)22;13-10(14,12(17,18)26(22,23)24)11(15,16)25(20,21)19-6-5-8-3-1-2-4-9(8)7-19;1-16-8-2-3-13(4-9-17-11-6-14)5-10-18-12-7-15;8-6-4-2-1-3-5(6)7(9)10/h1-2,4-7,10-16,19H,3,8-9,17-18,20H2;2*1-15H;8H,2-7H2,1H3;8-9H,1-7H2,(H,22,23,24);14-15H,2-12H2,1H3;1-4,8H,(H,9,10)/q3*+1;-1;;;/p-1. The number of esters is 1. The summed E-state index contributed by atoms with van der Waals surface area (Å²) in [5.74, 6) is -16.6. The van der Waals surface area contributed by atoms with Crippen molar-refractivity contribution in [2.75, 3.05) is 138 Å². The van der Waals surface area contributed by atoms with Crippen molar-refractivity contribution in [3.05, 3.63) is 306 Å². The summed E-state index contributed by atoms with van der Waals surface area (Å²) in [6.07, 6.45) is 8.05. The number of piperazine rings is 1. The van der Waals surface area contributed by atoms with E-state index in [0.717, 1.165) is 52.0 Å². The molecule has 27 nitrogen and oxygen atoms in total. The number of piperidine rings is 2. The number of carboxylic acids is 1. The van der Waals surface area contributed by atoms with Crippen LogP contribution >= 0.6 is 0 Å². The summed E-state index contributed by atoms with van der Waals surface area (Å²) >= 11 is 0. The highest BCUT2D eigenvalue weighted by Crippen LogP contribution is 2.55. The van der Waals surface area contributed by atoms with Gasteiger partial charge in [-0.25, -0.2) is 38.5 Å². The Bertz CT molecular complexity index is 6030. The fourth-order valence-corrected chi connectivity index (χ4v) is 28.5. The van der Waals surface area contributed by atoms with Gasteiger partial charge in [-0.2, -0.15) is 69.7 Å². The number of aliphatic hydroxyl groups is 2. The molecule has 820 valence electrons. The van der Waals surface area contributed by atoms with Gasteiger partial charge in [0.1, 0.15) is 6.04 Å². The number of hydrogen-bond donors (Lipinski definition) is 4. The summed E-state index contributed by atoms with van der Waals surface area (Å²) in [6, 6.07) is 100. The van der Waals surface area contributed by atoms with Crippen molar-refractivity contribution in [3.63, 3.8) is 0 Å². The first-order valence-corrected chi connectivity index (χ1v) is 58.8. The third-order valence-electron chi connectivity index (χ3n) is 23.9. The molecule has 4 aliphatic heterocycles. The quantitative estimate of drug-likeness (QED) is 0.00914. The van der Waals surface area contributed by atoms with E-state index in [0.29, 0.717) is 39.3 Å². The summed E-state index contributed by atoms with van der Waals surface area (Å²) in [6.45, 7) is 5.24. The molecule has 10 aromatic rings. The van der Waals surface area contributed by atoms with E-state index >= 15 is 0 Å². The number of ether oxygens (including phenoxy) is 4. The van der Waals surface area contributed by atoms with Crippen molar-refractivity contribution in [1.29, 1.82) is 0 Å². The second-order valence-corrected chi connectivity index (χ2v) is 49.4. The van der Waals surface area contributed by atoms with E-state index in [9.17, 15) is 109 Å². The molecule has 0 spiro atoms. The number of rotatable bonds is 39. The zero-order valence-corrected chi connectivity index (χ0v) is 88.4. The molecule has 15 rings (SSSR count). The van der Waals surface area contributed by atoms with Gasteiger partial charge in [0.05, 0.1) is 94.5 Å². The number of methoxy groups -OCH3 is 1. The smallest absolute Gasteiger partial charge is 0.439 e. The number of cyclic esters (lactones) is 1. The van der Waals surface area contributed by atoms with Gasteiger partial charge in [-0.05, 0) is 178 Å². The Morgan fingerprint density at radius 1 is 0.433 bits per heavy atom. The molecule has 1 saturated carbocycles. The number of nitrogens with zero attached hydrogens (tertiary/aromatic N) is 6. The van der Waals surface area contributed by atoms with E-state index in [1.807, 2.05) is 0 Å². The molecule has 150 heavy (non-hydrogen) atoms. The number of likely N-dealkylation sites (tertiary alicyclic amines) is 1. The average Bonchev–Trinajstić information content (AvgIpc) is 0.757. The molecule has 47 heteroatoms. The first-order valence-electron chi connectivity index (χ1n) is 47.5. The van der Waals surface area contributed by atoms with Crippen LogP contribution in [-0.4, -0.2) is 274 Å². The van der Waals surface area contributed by atoms with Gasteiger partial charge in [0.25, 0.3) is 20.0 Å². The van der Waals surface area contributed by atoms with E-state index in [-0.39, 0.29) is 97.6 Å². The molecular weight excluding hydrogens is 2140 g/mol. The summed E-state index contributed by atoms with van der Waals surface area (Å²) in [4.78, 5) is 40.3. The Hall–Kier alpha value is -9.58. The van der Waals surface area contributed by atoms with Crippen LogP contribution in [0.4, 0.5) is 52.7 Å². The van der Waals surface area contributed by atoms with E-state index in [1.54, 1.807) is 7.11 Å². The molecule has 0 aromatic heterocycles. The third kappa shape index (κ3) is 33.7. The highest BCUT2D eigenvalue weighted by atomic mass is 32.3. The number of aromatic carboxylic acids is 1. The van der Waals surface area contributed by atoms with Crippen molar-refractivity contribution >= 4 is 94.8 Å². The lowest BCUT2D eigenvalue weighted by molar-refractivity contribution is -0.268. The predicted octanol–water partition coefficient (Wildman–Crippen LogP) is 17.4. The summed E-state index contributed by atoms with van der Waals surface area (Å²) < 4.78 is 309. The second kappa shape index (κ2) is 58.1. The predicted molar refractivity (Wildman–Crippen MR) is 546 cm³/mol. The molecule has 10 aromatic carbocycles. The van der Waals surface area contributed by atoms with E-state index in [2.05, 4.69) is 277 Å². The largest absolute Gasteiger partial charge is 0.872 e. The summed E-state index contributed by atoms with van der Waals surface area (Å²) in [7, 11) is -30.7. The minimum Gasteiger partial charge on any atom is -0.872 e. The van der Waals surface area contributed by atoms with Crippen LogP contribution in [0.15, 0.2) is 335 Å². The highest BCUT2D eigenvalue weighted by molar-refractivity contribution is 8.12. The van der Waals surface area contributed by atoms with Crippen LogP contribution in [0.2, 0.25) is 0 Å². The van der Waals surface area contributed by atoms with Crippen LogP contribution in [0.5, 0.6) is 5.75 Å². The normalized spacial score (nSPS) is 17.0. The van der Waals surface area contributed by atoms with Crippen LogP contribution in [0.1, 0.15) is 80.1 Å². The van der Waals surface area contributed by atoms with Crippen molar-refractivity contribution in [2.24, 2.45) is 11.8 Å². The number of hydrogen-bond acceptors (Lipinski definition) is 22. The van der Waals surface area contributed by atoms with Crippen molar-refractivity contribution < 1.29 is 148 Å². The van der Waals surface area contributed by atoms with E-state index < -0.39 is 146 Å². The maximum atomic E-state index is 14.3. The number of carboxylic acid groups (broad SMARTS) is 1. The van der Waals surface area contributed by atoms with Gasteiger partial charge in [0.15, 0.2) is 54.1 Å². The number of benzene rings is 10. The van der Waals surface area contributed by atoms with Gasteiger partial charge < -0.3 is 43.5 Å². The molecule has 4 saturated heterocycles. The third-order valence-corrected chi connectivity index (χ3v) is 38.1. The van der Waals surface area contributed by atoms with Gasteiger partial charge in [0.2, 0.25) is 0 Å². The number of aliphatic hydroxyl groups excluding tert-OH is 2. The first kappa shape index (κ1) is 124. The molecule has 0 bridgehead atoms. The van der Waals surface area contributed by atoms with Crippen LogP contribution in [0.3, 0.4) is 0 Å². The Balaban J connectivity index is 0.000000198. The Kier molecular flexibility index (Phi) is 48.0. The molecule has 0 radical (unpaired) electrons. The maximum absolute atomic E-state index is 14.3. The zero-order chi connectivity index (χ0) is 110. The summed E-state index contributed by atoms with van der Waals surface area (Å²) in [5.41, 5.74) is 1.26. The van der Waals surface area contributed by atoms with Crippen LogP contribution in [0.25, 0.3) is 4.13 Å². The lowest BCUT2D eigenvalue weighted by Crippen LogP contribution is -2.64. The van der Waals surface area contributed by atoms with Gasteiger partial charge >= 0.3 is 54.9 Å². The molecule has 3 atom stereocenters. The van der Waals surface area contributed by atoms with Crippen LogP contribution in [-0.2, 0) is 113 Å². The molecule has 0 amide bonds. The fourth-order valence-electron chi connectivity index (χ4n) is 16.4. The van der Waals surface area contributed by atoms with Gasteiger partial charge in [-0.1, -0.05) is 207 Å². The number of carbonyl (C=O) groups excluding carboxylic acids is 1. The molecule has 5 fully saturated rings. The molecule has 5 aliphatic rings. The molecule has 4 N–H and O–H groups in total. The number of halogens is 12. The first-order chi connectivity index (χ1) is 71.1. The SMILES string of the molecule is COCCCN(CCOCCO)CCOCCO.CS(=O)(=O)[N-]S(=O)(=O)C(F)(F)C(F)(F)C(F)(F)S(=O)(=O)N1CCN(C2CCOC2=O)CC1.O=C(O)c1ccccc1[O-].O=S(=O)(O)C(F)(F)C(F)(F)C(F)(F)S(=O)(=O)N1CCC2CCCCC2C1.c1ccc([S+](c2ccccc2)c2cccc(CN3CCCCC3)c2)cc1.c1ccc([S+](c2ccccc2)c2ccccc2)cc1.c1ccc([S+](c2ccccc2)c2ccccc2)cc1. The fraction of sp³-hybridized carbons (Fsp3) is 0.398. The Labute approximate surface area is 876 Å². The zero-order valence-electron chi connectivity index (χ0n) is 81.9. The van der Waals surface area contributed by atoms with Gasteiger partial charge in [0, 0.05) is 91.8 Å².